The summed E-state index contributed by atoms with van der Waals surface area (Å²) in [4.78, 5) is 13.8. The molecule has 0 amide bonds. The maximum atomic E-state index is 13.9. The first-order valence-corrected chi connectivity index (χ1v) is 7.82. The van der Waals surface area contributed by atoms with Crippen molar-refractivity contribution in [3.05, 3.63) is 71.0 Å². The molecule has 1 fully saturated rings. The van der Waals surface area contributed by atoms with Gasteiger partial charge >= 0.3 is 5.97 Å². The first-order chi connectivity index (χ1) is 11.2. The van der Waals surface area contributed by atoms with Gasteiger partial charge in [-0.05, 0) is 36.6 Å². The maximum Gasteiger partial charge on any atom is 0.337 e. The van der Waals surface area contributed by atoms with Crippen molar-refractivity contribution in [3.8, 4) is 0 Å². The number of benzene rings is 2. The highest BCUT2D eigenvalue weighted by Gasteiger charge is 2.29. The second-order valence-electron chi connectivity index (χ2n) is 5.92. The topological polar surface area (TPSA) is 29.5 Å². The molecule has 0 heterocycles. The van der Waals surface area contributed by atoms with E-state index in [1.54, 1.807) is 18.2 Å². The summed E-state index contributed by atoms with van der Waals surface area (Å²) in [6, 6.07) is 14.9. The zero-order valence-electron chi connectivity index (χ0n) is 13.2. The average molecular weight is 313 g/mol. The standard InChI is InChI=1S/C19H20FNO2/c1-23-19(22)15-8-6-14(7-9-15)12-21(17-10-11-17)13-16-4-2-3-5-18(16)20/h2-9,17H,10-13H2,1H3. The molecule has 0 saturated heterocycles. The second-order valence-corrected chi connectivity index (χ2v) is 5.92. The van der Waals surface area contributed by atoms with Crippen LogP contribution >= 0.6 is 0 Å². The normalized spacial score (nSPS) is 14.0. The first-order valence-electron chi connectivity index (χ1n) is 7.82. The Hall–Kier alpha value is -2.20. The van der Waals surface area contributed by atoms with Crippen molar-refractivity contribution < 1.29 is 13.9 Å². The summed E-state index contributed by atoms with van der Waals surface area (Å²) in [7, 11) is 1.37. The number of methoxy groups -OCH3 is 1. The SMILES string of the molecule is COC(=O)c1ccc(CN(Cc2ccccc2F)C2CC2)cc1. The van der Waals surface area contributed by atoms with Crippen molar-refractivity contribution in [2.45, 2.75) is 32.0 Å². The van der Waals surface area contributed by atoms with Crippen LogP contribution in [0.1, 0.15) is 34.3 Å². The minimum atomic E-state index is -0.332. The van der Waals surface area contributed by atoms with Crippen molar-refractivity contribution >= 4 is 5.97 Å². The molecule has 0 aromatic heterocycles. The Kier molecular flexibility index (Phi) is 4.72. The van der Waals surface area contributed by atoms with Gasteiger partial charge in [0, 0.05) is 24.7 Å². The van der Waals surface area contributed by atoms with E-state index < -0.39 is 0 Å². The van der Waals surface area contributed by atoms with Crippen LogP contribution in [0.2, 0.25) is 0 Å². The van der Waals surface area contributed by atoms with Crippen LogP contribution in [0.25, 0.3) is 0 Å². The smallest absolute Gasteiger partial charge is 0.337 e. The van der Waals surface area contributed by atoms with E-state index in [2.05, 4.69) is 4.90 Å². The average Bonchev–Trinajstić information content (AvgIpc) is 3.41. The highest BCUT2D eigenvalue weighted by Crippen LogP contribution is 2.30. The molecule has 0 unspecified atom stereocenters. The third-order valence-corrected chi connectivity index (χ3v) is 4.16. The van der Waals surface area contributed by atoms with Gasteiger partial charge in [-0.3, -0.25) is 4.90 Å². The van der Waals surface area contributed by atoms with Gasteiger partial charge in [0.2, 0.25) is 0 Å². The molecule has 23 heavy (non-hydrogen) atoms. The Balaban J connectivity index is 1.70. The summed E-state index contributed by atoms with van der Waals surface area (Å²) in [5.41, 5.74) is 2.38. The zero-order valence-corrected chi connectivity index (χ0v) is 13.2. The van der Waals surface area contributed by atoms with Gasteiger partial charge in [-0.2, -0.15) is 0 Å². The Labute approximate surface area is 135 Å². The van der Waals surface area contributed by atoms with Crippen LogP contribution in [0.5, 0.6) is 0 Å². The number of halogens is 1. The van der Waals surface area contributed by atoms with Gasteiger partial charge in [-0.15, -0.1) is 0 Å². The maximum absolute atomic E-state index is 13.9. The molecule has 0 N–H and O–H groups in total. The number of carbonyl (C=O) groups excluding carboxylic acids is 1. The highest BCUT2D eigenvalue weighted by molar-refractivity contribution is 5.89. The molecule has 1 aliphatic rings. The van der Waals surface area contributed by atoms with Crippen LogP contribution < -0.4 is 0 Å². The van der Waals surface area contributed by atoms with Crippen molar-refractivity contribution in [3.63, 3.8) is 0 Å². The monoisotopic (exact) mass is 313 g/mol. The lowest BCUT2D eigenvalue weighted by atomic mass is 10.1. The third-order valence-electron chi connectivity index (χ3n) is 4.16. The zero-order chi connectivity index (χ0) is 16.2. The van der Waals surface area contributed by atoms with E-state index in [1.807, 2.05) is 24.3 Å². The van der Waals surface area contributed by atoms with Crippen LogP contribution in [0.15, 0.2) is 48.5 Å². The van der Waals surface area contributed by atoms with Crippen molar-refractivity contribution in [2.24, 2.45) is 0 Å². The van der Waals surface area contributed by atoms with Gasteiger partial charge in [0.15, 0.2) is 0 Å². The molecule has 3 rings (SSSR count). The van der Waals surface area contributed by atoms with Crippen molar-refractivity contribution in [1.82, 2.24) is 4.90 Å². The third kappa shape index (κ3) is 3.96. The largest absolute Gasteiger partial charge is 0.465 e. The fraction of sp³-hybridized carbons (Fsp3) is 0.316. The van der Waals surface area contributed by atoms with Crippen LogP contribution in [0.3, 0.4) is 0 Å². The molecular formula is C19H20FNO2. The number of esters is 1. The molecule has 1 aliphatic carbocycles. The van der Waals surface area contributed by atoms with E-state index in [1.165, 1.54) is 13.2 Å². The highest BCUT2D eigenvalue weighted by atomic mass is 19.1. The molecule has 0 aliphatic heterocycles. The summed E-state index contributed by atoms with van der Waals surface area (Å²) >= 11 is 0. The lowest BCUT2D eigenvalue weighted by molar-refractivity contribution is 0.0600. The molecule has 0 bridgehead atoms. The van der Waals surface area contributed by atoms with E-state index >= 15 is 0 Å². The lowest BCUT2D eigenvalue weighted by Crippen LogP contribution is -2.25. The number of rotatable bonds is 6. The molecular weight excluding hydrogens is 293 g/mol. The molecule has 1 saturated carbocycles. The van der Waals surface area contributed by atoms with Gasteiger partial charge in [-0.1, -0.05) is 30.3 Å². The molecule has 120 valence electrons. The van der Waals surface area contributed by atoms with Crippen molar-refractivity contribution in [2.75, 3.05) is 7.11 Å². The number of hydrogen-bond acceptors (Lipinski definition) is 3. The molecule has 4 heteroatoms. The van der Waals surface area contributed by atoms with Gasteiger partial charge in [0.05, 0.1) is 12.7 Å². The van der Waals surface area contributed by atoms with Crippen LogP contribution in [-0.4, -0.2) is 24.0 Å². The predicted molar refractivity (Wildman–Crippen MR) is 86.5 cm³/mol. The van der Waals surface area contributed by atoms with Crippen LogP contribution in [0.4, 0.5) is 4.39 Å². The quantitative estimate of drug-likeness (QED) is 0.760. The van der Waals surface area contributed by atoms with E-state index in [4.69, 9.17) is 4.74 Å². The Morgan fingerprint density at radius 1 is 1.13 bits per heavy atom. The van der Waals surface area contributed by atoms with Gasteiger partial charge in [0.25, 0.3) is 0 Å². The van der Waals surface area contributed by atoms with Gasteiger partial charge < -0.3 is 4.74 Å². The molecule has 3 nitrogen and oxygen atoms in total. The van der Waals surface area contributed by atoms with Crippen LogP contribution in [0, 0.1) is 5.82 Å². The summed E-state index contributed by atoms with van der Waals surface area (Å²) in [6.45, 7) is 1.36. The second kappa shape index (κ2) is 6.92. The predicted octanol–water partition coefficient (Wildman–Crippen LogP) is 3.78. The van der Waals surface area contributed by atoms with Gasteiger partial charge in [0.1, 0.15) is 5.82 Å². The molecule has 2 aromatic carbocycles. The fourth-order valence-electron chi connectivity index (χ4n) is 2.70. The molecule has 2 aromatic rings. The fourth-order valence-corrected chi connectivity index (χ4v) is 2.70. The van der Waals surface area contributed by atoms with Gasteiger partial charge in [-0.25, -0.2) is 9.18 Å². The number of carbonyl (C=O) groups is 1. The minimum absolute atomic E-state index is 0.154. The lowest BCUT2D eigenvalue weighted by Gasteiger charge is -2.22. The van der Waals surface area contributed by atoms with E-state index in [-0.39, 0.29) is 11.8 Å². The summed E-state index contributed by atoms with van der Waals surface area (Å²) in [5.74, 6) is -0.485. The Morgan fingerprint density at radius 3 is 2.43 bits per heavy atom. The van der Waals surface area contributed by atoms with Crippen molar-refractivity contribution in [1.29, 1.82) is 0 Å². The van der Waals surface area contributed by atoms with E-state index in [9.17, 15) is 9.18 Å². The van der Waals surface area contributed by atoms with E-state index in [0.717, 1.165) is 30.5 Å². The summed E-state index contributed by atoms with van der Waals surface area (Å²) < 4.78 is 18.6. The number of nitrogens with zero attached hydrogens (tertiary/aromatic N) is 1. The Morgan fingerprint density at radius 2 is 1.83 bits per heavy atom. The van der Waals surface area contributed by atoms with Crippen LogP contribution in [-0.2, 0) is 17.8 Å². The molecule has 0 spiro atoms. The summed E-state index contributed by atoms with van der Waals surface area (Å²) in [6.07, 6.45) is 2.32. The van der Waals surface area contributed by atoms with E-state index in [0.29, 0.717) is 18.2 Å². The number of hydrogen-bond donors (Lipinski definition) is 0. The first kappa shape index (κ1) is 15.7. The summed E-state index contributed by atoms with van der Waals surface area (Å²) in [5, 5.41) is 0. The minimum Gasteiger partial charge on any atom is -0.465 e. The Bertz CT molecular complexity index is 680. The molecule has 0 radical (unpaired) electrons. The molecule has 0 atom stereocenters. The number of ether oxygens (including phenoxy) is 1.